The second-order valence-electron chi connectivity index (χ2n) is 14.4. The fourth-order valence-electron chi connectivity index (χ4n) is 9.28. The number of benzene rings is 9. The number of para-hydroxylation sites is 3. The second-order valence-corrected chi connectivity index (χ2v) is 14.4. The van der Waals surface area contributed by atoms with E-state index in [1.165, 1.54) is 49.7 Å². The molecule has 11 rings (SSSR count). The van der Waals surface area contributed by atoms with E-state index >= 15 is 0 Å². The summed E-state index contributed by atoms with van der Waals surface area (Å²) in [4.78, 5) is 2.47. The van der Waals surface area contributed by atoms with E-state index in [2.05, 4.69) is 217 Å². The number of nitrogens with zero attached hydrogens (tertiary/aromatic N) is 1. The van der Waals surface area contributed by atoms with Crippen molar-refractivity contribution in [2.45, 2.75) is 5.41 Å². The predicted molar refractivity (Wildman–Crippen MR) is 227 cm³/mol. The topological polar surface area (TPSA) is 12.5 Å². The van der Waals surface area contributed by atoms with Gasteiger partial charge in [-0.25, -0.2) is 0 Å². The quantitative estimate of drug-likeness (QED) is 0.177. The van der Waals surface area contributed by atoms with Crippen LogP contribution in [0.1, 0.15) is 22.3 Å². The first-order valence-electron chi connectivity index (χ1n) is 18.9. The third-order valence-corrected chi connectivity index (χ3v) is 11.5. The van der Waals surface area contributed by atoms with Gasteiger partial charge in [0.05, 0.1) is 16.8 Å². The van der Waals surface area contributed by atoms with E-state index in [1.807, 2.05) is 0 Å². The molecule has 0 saturated carbocycles. The molecule has 258 valence electrons. The van der Waals surface area contributed by atoms with Crippen LogP contribution in [0.2, 0.25) is 0 Å². The number of ether oxygens (including phenoxy) is 1. The molecule has 1 spiro atoms. The monoisotopic (exact) mass is 701 g/mol. The molecule has 0 fully saturated rings. The molecule has 9 aromatic rings. The molecule has 55 heavy (non-hydrogen) atoms. The molecule has 2 heteroatoms. The van der Waals surface area contributed by atoms with Crippen molar-refractivity contribution in [2.75, 3.05) is 4.90 Å². The maximum atomic E-state index is 6.84. The molecule has 0 N–H and O–H groups in total. The molecule has 9 aromatic carbocycles. The number of fused-ring (bicyclic) bond motifs is 11. The molecule has 0 saturated heterocycles. The normalized spacial score (nSPS) is 14.8. The van der Waals surface area contributed by atoms with Gasteiger partial charge >= 0.3 is 0 Å². The van der Waals surface area contributed by atoms with Gasteiger partial charge in [-0.2, -0.15) is 0 Å². The van der Waals surface area contributed by atoms with E-state index in [1.54, 1.807) is 0 Å². The van der Waals surface area contributed by atoms with Crippen LogP contribution in [0, 0.1) is 0 Å². The lowest BCUT2D eigenvalue weighted by Crippen LogP contribution is -2.32. The molecule has 0 aromatic heterocycles. The Bertz CT molecular complexity index is 2830. The van der Waals surface area contributed by atoms with Gasteiger partial charge in [-0.1, -0.05) is 176 Å². The van der Waals surface area contributed by atoms with Crippen molar-refractivity contribution < 1.29 is 4.74 Å². The zero-order chi connectivity index (χ0) is 36.3. The molecular formula is C53H35NO. The van der Waals surface area contributed by atoms with Gasteiger partial charge in [0, 0.05) is 27.9 Å². The SMILES string of the molecule is c1ccc(-c2ccccc2N(c2ccc3c(c2)C2(c4ccccc4Oc4ccc5ccccc5c42)c2ccccc2-3)c2ccccc2-c2ccccc2)cc1. The molecule has 1 heterocycles. The Kier molecular flexibility index (Phi) is 7.11. The number of hydrogen-bond acceptors (Lipinski definition) is 2. The maximum Gasteiger partial charge on any atom is 0.132 e. The summed E-state index contributed by atoms with van der Waals surface area (Å²) in [6.07, 6.45) is 0. The van der Waals surface area contributed by atoms with Crippen molar-refractivity contribution in [3.63, 3.8) is 0 Å². The number of anilines is 3. The van der Waals surface area contributed by atoms with Gasteiger partial charge in [0.15, 0.2) is 0 Å². The van der Waals surface area contributed by atoms with E-state index in [0.29, 0.717) is 0 Å². The van der Waals surface area contributed by atoms with E-state index in [0.717, 1.165) is 45.3 Å². The Morgan fingerprint density at radius 3 is 1.62 bits per heavy atom. The molecule has 2 aliphatic rings. The summed E-state index contributed by atoms with van der Waals surface area (Å²) < 4.78 is 6.84. The van der Waals surface area contributed by atoms with Crippen molar-refractivity contribution in [2.24, 2.45) is 0 Å². The minimum absolute atomic E-state index is 0.628. The predicted octanol–water partition coefficient (Wildman–Crippen LogP) is 14.1. The third-order valence-electron chi connectivity index (χ3n) is 11.5. The smallest absolute Gasteiger partial charge is 0.132 e. The fourth-order valence-corrected chi connectivity index (χ4v) is 9.28. The highest BCUT2D eigenvalue weighted by Gasteiger charge is 2.52. The van der Waals surface area contributed by atoms with Crippen LogP contribution in [0.5, 0.6) is 11.5 Å². The van der Waals surface area contributed by atoms with Crippen molar-refractivity contribution in [1.82, 2.24) is 0 Å². The summed E-state index contributed by atoms with van der Waals surface area (Å²) in [7, 11) is 0. The lowest BCUT2D eigenvalue weighted by atomic mass is 9.65. The first-order valence-corrected chi connectivity index (χ1v) is 18.9. The highest BCUT2D eigenvalue weighted by molar-refractivity contribution is 5.99. The van der Waals surface area contributed by atoms with Gasteiger partial charge in [-0.3, -0.25) is 0 Å². The van der Waals surface area contributed by atoms with Crippen LogP contribution in [-0.4, -0.2) is 0 Å². The largest absolute Gasteiger partial charge is 0.457 e. The van der Waals surface area contributed by atoms with Crippen LogP contribution in [0.4, 0.5) is 17.1 Å². The molecule has 1 unspecified atom stereocenters. The minimum Gasteiger partial charge on any atom is -0.457 e. The van der Waals surface area contributed by atoms with E-state index in [9.17, 15) is 0 Å². The lowest BCUT2D eigenvalue weighted by Gasteiger charge is -2.40. The second kappa shape index (κ2) is 12.5. The third kappa shape index (κ3) is 4.68. The molecule has 0 bridgehead atoms. The molecule has 1 atom stereocenters. The number of rotatable bonds is 5. The summed E-state index contributed by atoms with van der Waals surface area (Å²) in [5.41, 5.74) is 14.7. The maximum absolute atomic E-state index is 6.84. The average molecular weight is 702 g/mol. The van der Waals surface area contributed by atoms with E-state index in [-0.39, 0.29) is 0 Å². The van der Waals surface area contributed by atoms with Crippen molar-refractivity contribution in [3.05, 3.63) is 235 Å². The van der Waals surface area contributed by atoms with E-state index in [4.69, 9.17) is 4.74 Å². The molecule has 1 aliphatic carbocycles. The fraction of sp³-hybridized carbons (Fsp3) is 0.0189. The van der Waals surface area contributed by atoms with Crippen LogP contribution in [0.25, 0.3) is 44.2 Å². The van der Waals surface area contributed by atoms with Crippen LogP contribution in [0.15, 0.2) is 212 Å². The average Bonchev–Trinajstić information content (AvgIpc) is 3.54. The highest BCUT2D eigenvalue weighted by Crippen LogP contribution is 2.64. The van der Waals surface area contributed by atoms with Gasteiger partial charge in [-0.15, -0.1) is 0 Å². The lowest BCUT2D eigenvalue weighted by molar-refractivity contribution is 0.438. The Balaban J connectivity index is 1.25. The van der Waals surface area contributed by atoms with Gasteiger partial charge in [-0.05, 0) is 80.6 Å². The zero-order valence-corrected chi connectivity index (χ0v) is 30.1. The first-order chi connectivity index (χ1) is 27.3. The molecule has 1 aliphatic heterocycles. The zero-order valence-electron chi connectivity index (χ0n) is 30.1. The van der Waals surface area contributed by atoms with Crippen molar-refractivity contribution in [1.29, 1.82) is 0 Å². The number of hydrogen-bond donors (Lipinski definition) is 0. The standard InChI is InChI=1S/C53H35NO/c1-3-17-36(18-4-1)40-22-10-14-28-48(40)54(49-29-15-11-23-41(49)37-19-5-2-6-20-37)39-32-33-44-43-25-9-12-26-45(43)53(47(44)35-39)46-27-13-16-30-50(46)55-51-34-31-38-21-7-8-24-42(38)52(51)53/h1-35H. The van der Waals surface area contributed by atoms with Crippen LogP contribution in [-0.2, 0) is 5.41 Å². The van der Waals surface area contributed by atoms with Crippen LogP contribution >= 0.6 is 0 Å². The molecule has 0 amide bonds. The summed E-state index contributed by atoms with van der Waals surface area (Å²) in [5.74, 6) is 1.78. The molecular weight excluding hydrogens is 667 g/mol. The molecule has 0 radical (unpaired) electrons. The highest BCUT2D eigenvalue weighted by atomic mass is 16.5. The van der Waals surface area contributed by atoms with E-state index < -0.39 is 5.41 Å². The summed E-state index contributed by atoms with van der Waals surface area (Å²) in [5, 5.41) is 2.39. The van der Waals surface area contributed by atoms with Gasteiger partial charge in [0.25, 0.3) is 0 Å². The Hall–Kier alpha value is -7.16. The Morgan fingerprint density at radius 1 is 0.364 bits per heavy atom. The summed E-state index contributed by atoms with van der Waals surface area (Å²) >= 11 is 0. The van der Waals surface area contributed by atoms with Crippen LogP contribution < -0.4 is 9.64 Å². The first kappa shape index (κ1) is 31.4. The van der Waals surface area contributed by atoms with Gasteiger partial charge < -0.3 is 9.64 Å². The Labute approximate surface area is 321 Å². The summed E-state index contributed by atoms with van der Waals surface area (Å²) in [6.45, 7) is 0. The van der Waals surface area contributed by atoms with Gasteiger partial charge in [0.1, 0.15) is 11.5 Å². The van der Waals surface area contributed by atoms with Crippen molar-refractivity contribution >= 4 is 27.8 Å². The summed E-state index contributed by atoms with van der Waals surface area (Å²) in [6, 6.07) is 76.9. The van der Waals surface area contributed by atoms with Crippen molar-refractivity contribution in [3.8, 4) is 44.9 Å². The Morgan fingerprint density at radius 2 is 0.909 bits per heavy atom. The van der Waals surface area contributed by atoms with Crippen LogP contribution in [0.3, 0.4) is 0 Å². The van der Waals surface area contributed by atoms with Gasteiger partial charge in [0.2, 0.25) is 0 Å². The molecule has 2 nitrogen and oxygen atoms in total. The minimum atomic E-state index is -0.628.